The van der Waals surface area contributed by atoms with Gasteiger partial charge in [-0.2, -0.15) is 0 Å². The number of nitrogens with one attached hydrogen (secondary N) is 1. The molecule has 0 radical (unpaired) electrons. The van der Waals surface area contributed by atoms with Crippen LogP contribution in [0.2, 0.25) is 0 Å². The molecule has 1 heterocycles. The lowest BCUT2D eigenvalue weighted by Gasteiger charge is -2.00. The van der Waals surface area contributed by atoms with Gasteiger partial charge in [-0.25, -0.2) is 4.79 Å². The number of furan rings is 1. The number of aromatic carboxylic acids is 1. The maximum absolute atomic E-state index is 11.4. The Kier molecular flexibility index (Phi) is 3.28. The monoisotopic (exact) mass is 197 g/mol. The van der Waals surface area contributed by atoms with E-state index in [-0.39, 0.29) is 11.1 Å². The molecule has 0 unspecified atom stereocenters. The Balaban J connectivity index is 2.79. The molecule has 0 saturated heterocycles. The second-order valence-electron chi connectivity index (χ2n) is 2.76. The molecule has 5 heteroatoms. The number of carboxylic acids is 1. The zero-order valence-electron chi connectivity index (χ0n) is 7.74. The molecule has 5 nitrogen and oxygen atoms in total. The maximum Gasteiger partial charge on any atom is 0.339 e. The Morgan fingerprint density at radius 1 is 1.43 bits per heavy atom. The highest BCUT2D eigenvalue weighted by Crippen LogP contribution is 2.09. The summed E-state index contributed by atoms with van der Waals surface area (Å²) in [5, 5.41) is 11.3. The smallest absolute Gasteiger partial charge is 0.339 e. The van der Waals surface area contributed by atoms with Crippen molar-refractivity contribution in [3.05, 3.63) is 23.7 Å². The number of hydrogen-bond donors (Lipinski definition) is 2. The number of carboxylic acid groups (broad SMARTS) is 1. The average Bonchev–Trinajstić information content (AvgIpc) is 2.62. The minimum Gasteiger partial charge on any atom is -0.478 e. The van der Waals surface area contributed by atoms with Gasteiger partial charge in [-0.15, -0.1) is 0 Å². The van der Waals surface area contributed by atoms with Gasteiger partial charge in [0.2, 0.25) is 0 Å². The molecule has 1 rings (SSSR count). The molecule has 76 valence electrons. The van der Waals surface area contributed by atoms with Gasteiger partial charge in [0.15, 0.2) is 0 Å². The molecule has 0 aliphatic rings. The largest absolute Gasteiger partial charge is 0.478 e. The van der Waals surface area contributed by atoms with E-state index in [0.29, 0.717) is 6.54 Å². The highest BCUT2D eigenvalue weighted by atomic mass is 16.4. The van der Waals surface area contributed by atoms with Gasteiger partial charge < -0.3 is 14.8 Å². The summed E-state index contributed by atoms with van der Waals surface area (Å²) in [7, 11) is 0. The molecule has 0 spiro atoms. The van der Waals surface area contributed by atoms with Crippen molar-refractivity contribution < 1.29 is 19.1 Å². The van der Waals surface area contributed by atoms with Gasteiger partial charge in [0.25, 0.3) is 5.91 Å². The zero-order valence-corrected chi connectivity index (χ0v) is 7.74. The summed E-state index contributed by atoms with van der Waals surface area (Å²) in [4.78, 5) is 22.0. The van der Waals surface area contributed by atoms with E-state index in [1.165, 1.54) is 0 Å². The van der Waals surface area contributed by atoms with Gasteiger partial charge in [0.1, 0.15) is 18.1 Å². The van der Waals surface area contributed by atoms with Crippen LogP contribution in [-0.2, 0) is 0 Å². The van der Waals surface area contributed by atoms with E-state index >= 15 is 0 Å². The standard InChI is InChI=1S/C9H11NO4/c1-2-3-10-8(11)6-4-14-5-7(6)9(12)13/h4-5H,2-3H2,1H3,(H,10,11)(H,12,13). The highest BCUT2D eigenvalue weighted by molar-refractivity contribution is 6.04. The summed E-state index contributed by atoms with van der Waals surface area (Å²) in [5.41, 5.74) is -0.0513. The van der Waals surface area contributed by atoms with E-state index in [4.69, 9.17) is 5.11 Å². The zero-order chi connectivity index (χ0) is 10.6. The van der Waals surface area contributed by atoms with Crippen molar-refractivity contribution >= 4 is 11.9 Å². The molecule has 1 amide bonds. The SMILES string of the molecule is CCCNC(=O)c1cocc1C(=O)O. The first-order valence-electron chi connectivity index (χ1n) is 4.24. The van der Waals surface area contributed by atoms with Gasteiger partial charge in [-0.3, -0.25) is 4.79 Å². The fourth-order valence-electron chi connectivity index (χ4n) is 0.972. The van der Waals surface area contributed by atoms with Crippen molar-refractivity contribution in [1.29, 1.82) is 0 Å². The average molecular weight is 197 g/mol. The summed E-state index contributed by atoms with van der Waals surface area (Å²) in [5.74, 6) is -1.58. The van der Waals surface area contributed by atoms with E-state index in [1.807, 2.05) is 6.92 Å². The third-order valence-corrected chi connectivity index (χ3v) is 1.67. The topological polar surface area (TPSA) is 79.5 Å². The van der Waals surface area contributed by atoms with Crippen LogP contribution in [0.25, 0.3) is 0 Å². The van der Waals surface area contributed by atoms with Crippen LogP contribution in [0.4, 0.5) is 0 Å². The highest BCUT2D eigenvalue weighted by Gasteiger charge is 2.18. The summed E-state index contributed by atoms with van der Waals surface area (Å²) >= 11 is 0. The Morgan fingerprint density at radius 3 is 2.64 bits per heavy atom. The summed E-state index contributed by atoms with van der Waals surface area (Å²) < 4.78 is 4.67. The third-order valence-electron chi connectivity index (χ3n) is 1.67. The fourth-order valence-corrected chi connectivity index (χ4v) is 0.972. The Hall–Kier alpha value is -1.78. The van der Waals surface area contributed by atoms with E-state index in [2.05, 4.69) is 9.73 Å². The van der Waals surface area contributed by atoms with Gasteiger partial charge in [-0.05, 0) is 6.42 Å². The van der Waals surface area contributed by atoms with Crippen LogP contribution in [0.15, 0.2) is 16.9 Å². The Morgan fingerprint density at radius 2 is 2.07 bits per heavy atom. The first-order chi connectivity index (χ1) is 6.66. The van der Waals surface area contributed by atoms with Crippen molar-refractivity contribution in [1.82, 2.24) is 5.32 Å². The van der Waals surface area contributed by atoms with Crippen molar-refractivity contribution in [3.8, 4) is 0 Å². The number of carbonyl (C=O) groups excluding carboxylic acids is 1. The molecule has 0 saturated carbocycles. The third kappa shape index (κ3) is 2.12. The lowest BCUT2D eigenvalue weighted by atomic mass is 10.2. The van der Waals surface area contributed by atoms with Crippen LogP contribution >= 0.6 is 0 Å². The molecule has 0 atom stereocenters. The fraction of sp³-hybridized carbons (Fsp3) is 0.333. The lowest BCUT2D eigenvalue weighted by molar-refractivity contribution is 0.0691. The lowest BCUT2D eigenvalue weighted by Crippen LogP contribution is -2.25. The van der Waals surface area contributed by atoms with Gasteiger partial charge in [0, 0.05) is 6.54 Å². The van der Waals surface area contributed by atoms with Crippen LogP contribution in [-0.4, -0.2) is 23.5 Å². The minimum atomic E-state index is -1.17. The van der Waals surface area contributed by atoms with Gasteiger partial charge >= 0.3 is 5.97 Å². The second kappa shape index (κ2) is 4.45. The summed E-state index contributed by atoms with van der Waals surface area (Å²) in [6.07, 6.45) is 2.98. The minimum absolute atomic E-state index is 0.0611. The quantitative estimate of drug-likeness (QED) is 0.757. The Bertz CT molecular complexity index is 342. The van der Waals surface area contributed by atoms with Crippen molar-refractivity contribution in [2.75, 3.05) is 6.54 Å². The van der Waals surface area contributed by atoms with Crippen LogP contribution in [0.1, 0.15) is 34.1 Å². The summed E-state index contributed by atoms with van der Waals surface area (Å²) in [6.45, 7) is 2.43. The molecule has 0 fully saturated rings. The number of hydrogen-bond acceptors (Lipinski definition) is 3. The van der Waals surface area contributed by atoms with E-state index in [1.54, 1.807) is 0 Å². The Labute approximate surface area is 80.7 Å². The van der Waals surface area contributed by atoms with Crippen molar-refractivity contribution in [2.45, 2.75) is 13.3 Å². The molecule has 14 heavy (non-hydrogen) atoms. The first kappa shape index (κ1) is 10.3. The second-order valence-corrected chi connectivity index (χ2v) is 2.76. The number of amides is 1. The molecule has 0 aliphatic carbocycles. The predicted molar refractivity (Wildman–Crippen MR) is 48.3 cm³/mol. The molecule has 0 aliphatic heterocycles. The number of carbonyl (C=O) groups is 2. The number of rotatable bonds is 4. The van der Waals surface area contributed by atoms with E-state index < -0.39 is 11.9 Å². The summed E-state index contributed by atoms with van der Waals surface area (Å²) in [6, 6.07) is 0. The molecular weight excluding hydrogens is 186 g/mol. The van der Waals surface area contributed by atoms with Crippen molar-refractivity contribution in [3.63, 3.8) is 0 Å². The predicted octanol–water partition coefficient (Wildman–Crippen LogP) is 1.12. The molecule has 0 aromatic carbocycles. The normalized spacial score (nSPS) is 9.79. The van der Waals surface area contributed by atoms with E-state index in [0.717, 1.165) is 18.9 Å². The molecular formula is C9H11NO4. The maximum atomic E-state index is 11.4. The van der Waals surface area contributed by atoms with E-state index in [9.17, 15) is 9.59 Å². The molecule has 0 bridgehead atoms. The van der Waals surface area contributed by atoms with Crippen LogP contribution in [0.5, 0.6) is 0 Å². The van der Waals surface area contributed by atoms with Gasteiger partial charge in [0.05, 0.1) is 5.56 Å². The van der Waals surface area contributed by atoms with Crippen LogP contribution in [0.3, 0.4) is 0 Å². The first-order valence-corrected chi connectivity index (χ1v) is 4.24. The van der Waals surface area contributed by atoms with Crippen molar-refractivity contribution in [2.24, 2.45) is 0 Å². The van der Waals surface area contributed by atoms with Gasteiger partial charge in [-0.1, -0.05) is 6.92 Å². The molecule has 1 aromatic heterocycles. The van der Waals surface area contributed by atoms with Crippen LogP contribution in [0, 0.1) is 0 Å². The molecule has 2 N–H and O–H groups in total. The molecule has 1 aromatic rings. The van der Waals surface area contributed by atoms with Crippen LogP contribution < -0.4 is 5.32 Å².